The van der Waals surface area contributed by atoms with Crippen LogP contribution in [0.4, 0.5) is 0 Å². The maximum atomic E-state index is 9.10. The number of aliphatic carboxylic acids is 2. The van der Waals surface area contributed by atoms with Crippen molar-refractivity contribution in [3.05, 3.63) is 0 Å². The van der Waals surface area contributed by atoms with Gasteiger partial charge < -0.3 is 10.2 Å². The molecular formula is C2H2O6S. The Morgan fingerprint density at radius 3 is 1.11 bits per heavy atom. The van der Waals surface area contributed by atoms with E-state index in [1.54, 1.807) is 0 Å². The fourth-order valence-corrected chi connectivity index (χ4v) is 0. The Balaban J connectivity index is 0. The number of hydrogen-bond donors (Lipinski definition) is 2. The molecule has 2 N–H and O–H groups in total. The van der Waals surface area contributed by atoms with Gasteiger partial charge in [0.25, 0.3) is 0 Å². The maximum Gasteiger partial charge on any atom is 0.414 e. The van der Waals surface area contributed by atoms with Gasteiger partial charge in [0.2, 0.25) is 0 Å². The highest BCUT2D eigenvalue weighted by Gasteiger charge is 2.04. The highest BCUT2D eigenvalue weighted by atomic mass is 32.1. The van der Waals surface area contributed by atoms with Crippen molar-refractivity contribution in [1.82, 2.24) is 0 Å². The molecule has 0 aliphatic carbocycles. The molecule has 52 valence electrons. The molecule has 0 aliphatic heterocycles. The van der Waals surface area contributed by atoms with E-state index in [2.05, 4.69) is 0 Å². The van der Waals surface area contributed by atoms with Gasteiger partial charge in [-0.15, -0.1) is 0 Å². The zero-order valence-electron chi connectivity index (χ0n) is 3.94. The van der Waals surface area contributed by atoms with E-state index in [0.717, 1.165) is 0 Å². The number of rotatable bonds is 0. The molecular weight excluding hydrogens is 152 g/mol. The van der Waals surface area contributed by atoms with E-state index in [-0.39, 0.29) is 0 Å². The van der Waals surface area contributed by atoms with Gasteiger partial charge in [-0.1, -0.05) is 0 Å². The van der Waals surface area contributed by atoms with E-state index >= 15 is 0 Å². The minimum atomic E-state index is -1.82. The first-order valence-corrected chi connectivity index (χ1v) is 2.11. The van der Waals surface area contributed by atoms with Crippen LogP contribution < -0.4 is 0 Å². The van der Waals surface area contributed by atoms with E-state index in [1.807, 2.05) is 0 Å². The second-order valence-electron chi connectivity index (χ2n) is 0.678. The van der Waals surface area contributed by atoms with Gasteiger partial charge in [-0.05, 0) is 0 Å². The molecule has 0 bridgehead atoms. The Labute approximate surface area is 52.7 Å². The smallest absolute Gasteiger partial charge is 0.414 e. The Morgan fingerprint density at radius 1 is 1.00 bits per heavy atom. The second-order valence-corrected chi connectivity index (χ2v) is 0.814. The van der Waals surface area contributed by atoms with Crippen molar-refractivity contribution >= 4 is 23.5 Å². The average molecular weight is 154 g/mol. The molecule has 6 nitrogen and oxygen atoms in total. The highest BCUT2D eigenvalue weighted by Crippen LogP contribution is 1.56. The largest absolute Gasteiger partial charge is 0.473 e. The van der Waals surface area contributed by atoms with Crippen LogP contribution in [0.1, 0.15) is 0 Å². The Morgan fingerprint density at radius 2 is 1.11 bits per heavy atom. The summed E-state index contributed by atoms with van der Waals surface area (Å²) in [5.41, 5.74) is 0. The molecule has 0 saturated carbocycles. The summed E-state index contributed by atoms with van der Waals surface area (Å²) in [5, 5.41) is 14.8. The van der Waals surface area contributed by atoms with Crippen LogP contribution >= 0.6 is 0 Å². The van der Waals surface area contributed by atoms with Gasteiger partial charge in [0.1, 0.15) is 0 Å². The van der Waals surface area contributed by atoms with Crippen LogP contribution in [0.5, 0.6) is 0 Å². The van der Waals surface area contributed by atoms with Crippen molar-refractivity contribution < 1.29 is 28.2 Å². The third-order valence-corrected chi connectivity index (χ3v) is 0.183. The minimum Gasteiger partial charge on any atom is -0.473 e. The molecule has 0 unspecified atom stereocenters. The van der Waals surface area contributed by atoms with Gasteiger partial charge >= 0.3 is 23.5 Å². The average Bonchev–Trinajstić information content (AvgIpc) is 1.68. The molecule has 0 rings (SSSR count). The summed E-state index contributed by atoms with van der Waals surface area (Å²) in [6, 6.07) is 0. The summed E-state index contributed by atoms with van der Waals surface area (Å²) < 4.78 is 16.6. The predicted octanol–water partition coefficient (Wildman–Crippen LogP) is -1.51. The molecule has 0 aromatic heterocycles. The Kier molecular flexibility index (Phi) is 8.03. The van der Waals surface area contributed by atoms with Crippen LogP contribution in [0.2, 0.25) is 0 Å². The van der Waals surface area contributed by atoms with Crippen LogP contribution in [-0.2, 0) is 21.2 Å². The van der Waals surface area contributed by atoms with Gasteiger partial charge in [0, 0.05) is 0 Å². The Bertz CT molecular complexity index is 131. The fraction of sp³-hybridized carbons (Fsp3) is 0. The molecule has 7 heteroatoms. The van der Waals surface area contributed by atoms with Crippen LogP contribution in [0.25, 0.3) is 0 Å². The summed E-state index contributed by atoms with van der Waals surface area (Å²) >= 11 is -0.750. The summed E-state index contributed by atoms with van der Waals surface area (Å²) in [5.74, 6) is -3.65. The maximum absolute atomic E-state index is 9.10. The predicted molar refractivity (Wildman–Crippen MR) is 24.2 cm³/mol. The SMILES string of the molecule is O=C(O)C(=O)O.O=S=O. The Hall–Kier alpha value is -1.24. The first-order chi connectivity index (χ1) is 4.06. The number of carbonyl (C=O) groups is 2. The second kappa shape index (κ2) is 6.76. The summed E-state index contributed by atoms with van der Waals surface area (Å²) in [6.07, 6.45) is 0. The van der Waals surface area contributed by atoms with E-state index in [9.17, 15) is 0 Å². The van der Waals surface area contributed by atoms with Crippen LogP contribution in [0.15, 0.2) is 0 Å². The van der Waals surface area contributed by atoms with Gasteiger partial charge in [0.15, 0.2) is 0 Å². The standard InChI is InChI=1S/C2H2O4.O2S/c3-1(4)2(5)6;1-3-2/h(H,3,4)(H,5,6);. The monoisotopic (exact) mass is 154 g/mol. The van der Waals surface area contributed by atoms with Crippen molar-refractivity contribution in [2.45, 2.75) is 0 Å². The van der Waals surface area contributed by atoms with E-state index in [1.165, 1.54) is 0 Å². The number of carboxylic acid groups (broad SMARTS) is 2. The minimum absolute atomic E-state index is 0.750. The first kappa shape index (κ1) is 10.7. The van der Waals surface area contributed by atoms with Crippen molar-refractivity contribution in [3.8, 4) is 0 Å². The molecule has 0 fully saturated rings. The third kappa shape index (κ3) is 20.1. The zero-order chi connectivity index (χ0) is 7.86. The van der Waals surface area contributed by atoms with E-state index in [0.29, 0.717) is 0 Å². The lowest BCUT2D eigenvalue weighted by Gasteiger charge is -1.72. The normalized spacial score (nSPS) is 6.22. The quantitative estimate of drug-likeness (QED) is 0.410. The van der Waals surface area contributed by atoms with Crippen LogP contribution in [0, 0.1) is 0 Å². The zero-order valence-corrected chi connectivity index (χ0v) is 4.75. The third-order valence-electron chi connectivity index (χ3n) is 0.183. The highest BCUT2D eigenvalue weighted by molar-refractivity contribution is 7.51. The first-order valence-electron chi connectivity index (χ1n) is 1.44. The van der Waals surface area contributed by atoms with Gasteiger partial charge in [-0.2, -0.15) is 8.42 Å². The lowest BCUT2D eigenvalue weighted by atomic mass is 10.7. The molecule has 0 saturated heterocycles. The lowest BCUT2D eigenvalue weighted by Crippen LogP contribution is -2.09. The van der Waals surface area contributed by atoms with Gasteiger partial charge in [-0.25, -0.2) is 9.59 Å². The fourth-order valence-electron chi connectivity index (χ4n) is 0. The summed E-state index contributed by atoms with van der Waals surface area (Å²) in [4.78, 5) is 18.2. The molecule has 9 heavy (non-hydrogen) atoms. The van der Waals surface area contributed by atoms with Crippen LogP contribution in [-0.4, -0.2) is 30.6 Å². The molecule has 0 heterocycles. The molecule has 0 aromatic rings. The van der Waals surface area contributed by atoms with Crippen molar-refractivity contribution in [3.63, 3.8) is 0 Å². The topological polar surface area (TPSA) is 109 Å². The molecule has 0 aliphatic rings. The van der Waals surface area contributed by atoms with Gasteiger partial charge in [-0.3, -0.25) is 0 Å². The summed E-state index contributed by atoms with van der Waals surface area (Å²) in [6.45, 7) is 0. The van der Waals surface area contributed by atoms with E-state index < -0.39 is 23.5 Å². The van der Waals surface area contributed by atoms with Gasteiger partial charge in [0.05, 0.1) is 0 Å². The van der Waals surface area contributed by atoms with Crippen molar-refractivity contribution in [2.24, 2.45) is 0 Å². The molecule has 0 radical (unpaired) electrons. The van der Waals surface area contributed by atoms with E-state index in [4.69, 9.17) is 28.2 Å². The molecule has 0 amide bonds. The molecule has 0 atom stereocenters. The number of hydrogen-bond acceptors (Lipinski definition) is 4. The molecule has 0 spiro atoms. The van der Waals surface area contributed by atoms with Crippen molar-refractivity contribution in [2.75, 3.05) is 0 Å². The number of carboxylic acids is 2. The van der Waals surface area contributed by atoms with Crippen molar-refractivity contribution in [1.29, 1.82) is 0 Å². The molecule has 0 aromatic carbocycles. The van der Waals surface area contributed by atoms with Crippen LogP contribution in [0.3, 0.4) is 0 Å². The lowest BCUT2D eigenvalue weighted by molar-refractivity contribution is -0.159. The summed E-state index contributed by atoms with van der Waals surface area (Å²) in [7, 11) is 0.